The molecular formula is C12H25N3S. The summed E-state index contributed by atoms with van der Waals surface area (Å²) in [6.07, 6.45) is 6.27. The van der Waals surface area contributed by atoms with Crippen LogP contribution in [0.4, 0.5) is 0 Å². The molecule has 0 aromatic rings. The minimum Gasteiger partial charge on any atom is -0.355 e. The number of hydrogen-bond donors (Lipinski definition) is 1. The highest BCUT2D eigenvalue weighted by Crippen LogP contribution is 2.03. The van der Waals surface area contributed by atoms with Crippen molar-refractivity contribution < 1.29 is 0 Å². The van der Waals surface area contributed by atoms with Gasteiger partial charge in [0.2, 0.25) is 0 Å². The minimum atomic E-state index is 0.610. The van der Waals surface area contributed by atoms with Gasteiger partial charge in [-0.25, -0.2) is 0 Å². The lowest BCUT2D eigenvalue weighted by molar-refractivity contribution is 0.470. The smallest absolute Gasteiger partial charge is 0.193 e. The zero-order chi connectivity index (χ0) is 12.4. The molecule has 0 aliphatic rings. The van der Waals surface area contributed by atoms with E-state index in [9.17, 15) is 0 Å². The summed E-state index contributed by atoms with van der Waals surface area (Å²) in [5.74, 6) is 0.977. The van der Waals surface area contributed by atoms with E-state index >= 15 is 0 Å². The lowest BCUT2D eigenvalue weighted by Crippen LogP contribution is -2.41. The molecule has 0 heterocycles. The molecule has 0 saturated carbocycles. The molecular weight excluding hydrogens is 218 g/mol. The number of rotatable bonds is 7. The summed E-state index contributed by atoms with van der Waals surface area (Å²) in [6.45, 7) is 7.91. The van der Waals surface area contributed by atoms with Gasteiger partial charge in [0.25, 0.3) is 0 Å². The highest BCUT2D eigenvalue weighted by molar-refractivity contribution is 7.99. The monoisotopic (exact) mass is 243 g/mol. The number of allylic oxidation sites excluding steroid dienone is 1. The summed E-state index contributed by atoms with van der Waals surface area (Å²) < 4.78 is 0. The number of hydrogen-bond acceptors (Lipinski definition) is 2. The normalized spacial score (nSPS) is 13.4. The fourth-order valence-electron chi connectivity index (χ4n) is 1.28. The molecule has 0 bridgehead atoms. The van der Waals surface area contributed by atoms with E-state index in [2.05, 4.69) is 42.0 Å². The molecule has 16 heavy (non-hydrogen) atoms. The first-order valence-corrected chi connectivity index (χ1v) is 7.00. The maximum absolute atomic E-state index is 4.27. The Bertz CT molecular complexity index is 216. The van der Waals surface area contributed by atoms with Crippen molar-refractivity contribution in [3.63, 3.8) is 0 Å². The summed E-state index contributed by atoms with van der Waals surface area (Å²) in [5, 5.41) is 3.99. The second-order valence-electron chi connectivity index (χ2n) is 3.83. The van der Waals surface area contributed by atoms with Crippen LogP contribution in [0.5, 0.6) is 0 Å². The molecule has 0 rings (SSSR count). The Morgan fingerprint density at radius 2 is 2.31 bits per heavy atom. The fourth-order valence-corrected chi connectivity index (χ4v) is 1.53. The molecule has 0 aliphatic carbocycles. The maximum atomic E-state index is 4.27. The van der Waals surface area contributed by atoms with E-state index in [1.54, 1.807) is 0 Å². The third-order valence-corrected chi connectivity index (χ3v) is 3.40. The van der Waals surface area contributed by atoms with E-state index in [-0.39, 0.29) is 0 Å². The summed E-state index contributed by atoms with van der Waals surface area (Å²) >= 11 is 1.86. The van der Waals surface area contributed by atoms with Crippen LogP contribution in [0.15, 0.2) is 17.6 Å². The van der Waals surface area contributed by atoms with E-state index in [1.165, 1.54) is 0 Å². The molecule has 0 amide bonds. The molecule has 0 spiro atoms. The number of nitrogens with zero attached hydrogens (tertiary/aromatic N) is 2. The van der Waals surface area contributed by atoms with Gasteiger partial charge in [0.1, 0.15) is 0 Å². The van der Waals surface area contributed by atoms with Crippen molar-refractivity contribution in [3.8, 4) is 0 Å². The van der Waals surface area contributed by atoms with Crippen molar-refractivity contribution in [3.05, 3.63) is 12.7 Å². The second kappa shape index (κ2) is 9.58. The third-order valence-electron chi connectivity index (χ3n) is 2.43. The van der Waals surface area contributed by atoms with Gasteiger partial charge in [-0.2, -0.15) is 11.8 Å². The van der Waals surface area contributed by atoms with Gasteiger partial charge in [-0.3, -0.25) is 4.99 Å². The predicted octanol–water partition coefficient (Wildman–Crippen LogP) is 2.21. The van der Waals surface area contributed by atoms with Crippen molar-refractivity contribution in [1.82, 2.24) is 10.2 Å². The Kier molecular flexibility index (Phi) is 9.19. The van der Waals surface area contributed by atoms with Crippen LogP contribution < -0.4 is 5.32 Å². The van der Waals surface area contributed by atoms with Crippen LogP contribution in [0.25, 0.3) is 0 Å². The summed E-state index contributed by atoms with van der Waals surface area (Å²) in [6, 6.07) is 0. The Morgan fingerprint density at radius 1 is 1.62 bits per heavy atom. The molecule has 0 aromatic carbocycles. The Morgan fingerprint density at radius 3 is 2.81 bits per heavy atom. The largest absolute Gasteiger partial charge is 0.355 e. The summed E-state index contributed by atoms with van der Waals surface area (Å²) in [5.41, 5.74) is 0. The van der Waals surface area contributed by atoms with Gasteiger partial charge in [0.15, 0.2) is 5.96 Å². The molecule has 0 saturated heterocycles. The molecule has 1 atom stereocenters. The predicted molar refractivity (Wildman–Crippen MR) is 76.4 cm³/mol. The van der Waals surface area contributed by atoms with E-state index < -0.39 is 0 Å². The van der Waals surface area contributed by atoms with Crippen molar-refractivity contribution >= 4 is 17.7 Å². The van der Waals surface area contributed by atoms with Gasteiger partial charge < -0.3 is 10.2 Å². The molecule has 1 N–H and O–H groups in total. The average molecular weight is 243 g/mol. The van der Waals surface area contributed by atoms with Crippen molar-refractivity contribution in [2.45, 2.75) is 25.0 Å². The Balaban J connectivity index is 3.93. The highest BCUT2D eigenvalue weighted by Gasteiger charge is 2.06. The quantitative estimate of drug-likeness (QED) is 0.321. The number of aliphatic imine (C=N–C) groups is 1. The molecule has 0 aromatic heterocycles. The summed E-state index contributed by atoms with van der Waals surface area (Å²) in [7, 11) is 3.90. The van der Waals surface area contributed by atoms with Gasteiger partial charge in [0, 0.05) is 32.4 Å². The molecule has 0 radical (unpaired) electrons. The highest BCUT2D eigenvalue weighted by atomic mass is 32.2. The van der Waals surface area contributed by atoms with E-state index in [4.69, 9.17) is 0 Å². The minimum absolute atomic E-state index is 0.610. The van der Waals surface area contributed by atoms with Crippen molar-refractivity contribution in [2.24, 2.45) is 4.99 Å². The Labute approximate surface area is 104 Å². The first-order valence-electron chi connectivity index (χ1n) is 5.71. The van der Waals surface area contributed by atoms with Crippen molar-refractivity contribution in [1.29, 1.82) is 0 Å². The zero-order valence-electron chi connectivity index (χ0n) is 11.0. The topological polar surface area (TPSA) is 27.6 Å². The van der Waals surface area contributed by atoms with Crippen LogP contribution in [0.1, 0.15) is 19.8 Å². The van der Waals surface area contributed by atoms with Gasteiger partial charge in [0.05, 0.1) is 0 Å². The molecule has 4 heteroatoms. The van der Waals surface area contributed by atoms with Gasteiger partial charge in [-0.15, -0.1) is 6.58 Å². The van der Waals surface area contributed by atoms with Crippen LogP contribution in [0.3, 0.4) is 0 Å². The first-order chi connectivity index (χ1) is 7.65. The second-order valence-corrected chi connectivity index (χ2v) is 5.10. The van der Waals surface area contributed by atoms with Gasteiger partial charge >= 0.3 is 0 Å². The summed E-state index contributed by atoms with van der Waals surface area (Å²) in [4.78, 5) is 6.43. The average Bonchev–Trinajstić information content (AvgIpc) is 2.29. The van der Waals surface area contributed by atoms with E-state index in [1.807, 2.05) is 24.9 Å². The molecule has 0 fully saturated rings. The van der Waals surface area contributed by atoms with Crippen LogP contribution in [0, 0.1) is 0 Å². The number of unbranched alkanes of at least 4 members (excludes halogenated alkanes) is 1. The molecule has 3 nitrogen and oxygen atoms in total. The SMILES string of the molecule is C=CCCCN(C)C(=NC)NCC(C)SC. The van der Waals surface area contributed by atoms with E-state index in [0.29, 0.717) is 5.25 Å². The van der Waals surface area contributed by atoms with Crippen LogP contribution in [-0.2, 0) is 0 Å². The maximum Gasteiger partial charge on any atom is 0.193 e. The number of nitrogens with one attached hydrogen (secondary N) is 1. The molecule has 0 aliphatic heterocycles. The lowest BCUT2D eigenvalue weighted by Gasteiger charge is -2.23. The molecule has 1 unspecified atom stereocenters. The number of thioether (sulfide) groups is 1. The van der Waals surface area contributed by atoms with E-state index in [0.717, 1.165) is 31.9 Å². The standard InChI is InChI=1S/C12H25N3S/c1-6-7-8-9-15(4)12(13-3)14-10-11(2)16-5/h6,11H,1,7-10H2,2-5H3,(H,13,14). The van der Waals surface area contributed by atoms with Crippen LogP contribution in [0.2, 0.25) is 0 Å². The zero-order valence-corrected chi connectivity index (χ0v) is 11.8. The first kappa shape index (κ1) is 15.4. The van der Waals surface area contributed by atoms with Crippen molar-refractivity contribution in [2.75, 3.05) is 33.4 Å². The molecule has 94 valence electrons. The van der Waals surface area contributed by atoms with Gasteiger partial charge in [-0.1, -0.05) is 13.0 Å². The van der Waals surface area contributed by atoms with Crippen LogP contribution in [-0.4, -0.2) is 49.6 Å². The third kappa shape index (κ3) is 6.77. The lowest BCUT2D eigenvalue weighted by atomic mass is 10.3. The number of guanidine groups is 1. The Hall–Kier alpha value is -0.640. The van der Waals surface area contributed by atoms with Gasteiger partial charge in [-0.05, 0) is 19.1 Å². The fraction of sp³-hybridized carbons (Fsp3) is 0.750. The van der Waals surface area contributed by atoms with Crippen LogP contribution >= 0.6 is 11.8 Å².